The van der Waals surface area contributed by atoms with E-state index in [1.807, 2.05) is 34.6 Å². The molecule has 1 rings (SSSR count). The molecule has 3 N–H and O–H groups in total. The van der Waals surface area contributed by atoms with E-state index in [2.05, 4.69) is 10.6 Å². The van der Waals surface area contributed by atoms with Crippen molar-refractivity contribution in [3.63, 3.8) is 0 Å². The lowest BCUT2D eigenvalue weighted by atomic mass is 9.92. The number of aliphatic hydroxyl groups excluding tert-OH is 1. The minimum atomic E-state index is -0.205. The van der Waals surface area contributed by atoms with Gasteiger partial charge in [0.05, 0.1) is 6.04 Å². The second-order valence-corrected chi connectivity index (χ2v) is 6.53. The smallest absolute Gasteiger partial charge is 0.220 e. The van der Waals surface area contributed by atoms with Crippen LogP contribution in [0.3, 0.4) is 0 Å². The number of hydrogen-bond donors (Lipinski definition) is 3. The Morgan fingerprint density at radius 1 is 1.53 bits per heavy atom. The maximum absolute atomic E-state index is 11.6. The summed E-state index contributed by atoms with van der Waals surface area (Å²) in [5.74, 6) is 0.336. The highest BCUT2D eigenvalue weighted by molar-refractivity contribution is 5.76. The van der Waals surface area contributed by atoms with E-state index in [-0.39, 0.29) is 22.9 Å². The van der Waals surface area contributed by atoms with Crippen molar-refractivity contribution in [2.45, 2.75) is 52.6 Å². The van der Waals surface area contributed by atoms with Gasteiger partial charge in [0.1, 0.15) is 5.76 Å². The molecule has 0 aliphatic carbocycles. The molecular weight excluding hydrogens is 216 g/mol. The van der Waals surface area contributed by atoms with Crippen LogP contribution in [0.5, 0.6) is 0 Å². The van der Waals surface area contributed by atoms with E-state index in [9.17, 15) is 9.90 Å². The highest BCUT2D eigenvalue weighted by Crippen LogP contribution is 2.20. The van der Waals surface area contributed by atoms with Gasteiger partial charge in [-0.3, -0.25) is 10.1 Å². The highest BCUT2D eigenvalue weighted by atomic mass is 16.3. The molecule has 1 aliphatic rings. The van der Waals surface area contributed by atoms with Crippen molar-refractivity contribution in [3.8, 4) is 0 Å². The van der Waals surface area contributed by atoms with E-state index in [4.69, 9.17) is 0 Å². The van der Waals surface area contributed by atoms with Gasteiger partial charge in [0, 0.05) is 18.5 Å². The van der Waals surface area contributed by atoms with Crippen molar-refractivity contribution < 1.29 is 9.90 Å². The molecule has 0 fully saturated rings. The third-order valence-corrected chi connectivity index (χ3v) is 2.61. The molecule has 0 radical (unpaired) electrons. The molecule has 17 heavy (non-hydrogen) atoms. The lowest BCUT2D eigenvalue weighted by Crippen LogP contribution is -2.45. The Kier molecular flexibility index (Phi) is 3.87. The molecule has 1 aliphatic heterocycles. The van der Waals surface area contributed by atoms with E-state index in [0.717, 1.165) is 0 Å². The molecule has 0 saturated carbocycles. The predicted molar refractivity (Wildman–Crippen MR) is 68.8 cm³/mol. The van der Waals surface area contributed by atoms with Crippen LogP contribution in [0.4, 0.5) is 0 Å². The van der Waals surface area contributed by atoms with Crippen LogP contribution in [0.25, 0.3) is 0 Å². The van der Waals surface area contributed by atoms with Gasteiger partial charge >= 0.3 is 0 Å². The second kappa shape index (κ2) is 4.69. The quantitative estimate of drug-likeness (QED) is 0.704. The van der Waals surface area contributed by atoms with Gasteiger partial charge in [0.15, 0.2) is 0 Å². The van der Waals surface area contributed by atoms with Gasteiger partial charge in [-0.25, -0.2) is 0 Å². The summed E-state index contributed by atoms with van der Waals surface area (Å²) in [6, 6.07) is -0.172. The first-order chi connectivity index (χ1) is 7.59. The van der Waals surface area contributed by atoms with Crippen molar-refractivity contribution >= 4 is 5.91 Å². The number of rotatable bonds is 3. The van der Waals surface area contributed by atoms with E-state index >= 15 is 0 Å². The molecule has 4 heteroatoms. The standard InChI is InChI=1S/C13H24N2O2/c1-12(2,3)7-11(17)14-8-9-10(16)6-13(4,5)15-9/h6,9,15-16H,7-8H2,1-5H3,(H,14,17)/t9-/m0/s1. The largest absolute Gasteiger partial charge is 0.511 e. The zero-order valence-electron chi connectivity index (χ0n) is 11.4. The number of hydrogen-bond acceptors (Lipinski definition) is 3. The molecule has 0 unspecified atom stereocenters. The molecule has 1 atom stereocenters. The first kappa shape index (κ1) is 14.0. The van der Waals surface area contributed by atoms with E-state index in [0.29, 0.717) is 18.7 Å². The van der Waals surface area contributed by atoms with Crippen LogP contribution in [0.15, 0.2) is 11.8 Å². The molecule has 0 aromatic rings. The van der Waals surface area contributed by atoms with Gasteiger partial charge < -0.3 is 10.4 Å². The molecule has 1 amide bonds. The Bertz CT molecular complexity index is 327. The molecule has 1 heterocycles. The van der Waals surface area contributed by atoms with Gasteiger partial charge in [-0.1, -0.05) is 20.8 Å². The summed E-state index contributed by atoms with van der Waals surface area (Å²) in [4.78, 5) is 11.6. The van der Waals surface area contributed by atoms with Gasteiger partial charge in [0.25, 0.3) is 0 Å². The van der Waals surface area contributed by atoms with Crippen molar-refractivity contribution in [1.82, 2.24) is 10.6 Å². The summed E-state index contributed by atoms with van der Waals surface area (Å²) in [6.07, 6.45) is 2.28. The van der Waals surface area contributed by atoms with E-state index < -0.39 is 0 Å². The zero-order valence-corrected chi connectivity index (χ0v) is 11.4. The van der Waals surface area contributed by atoms with E-state index in [1.165, 1.54) is 0 Å². The van der Waals surface area contributed by atoms with Crippen molar-refractivity contribution in [2.75, 3.05) is 6.54 Å². The third kappa shape index (κ3) is 4.77. The Labute approximate surface area is 103 Å². The number of carbonyl (C=O) groups is 1. The topological polar surface area (TPSA) is 61.4 Å². The van der Waals surface area contributed by atoms with Gasteiger partial charge in [-0.2, -0.15) is 0 Å². The predicted octanol–water partition coefficient (Wildman–Crippen LogP) is 1.73. The maximum atomic E-state index is 11.6. The first-order valence-electron chi connectivity index (χ1n) is 6.05. The molecule has 0 bridgehead atoms. The normalized spacial score (nSPS) is 23.4. The number of nitrogens with one attached hydrogen (secondary N) is 2. The zero-order chi connectivity index (χ0) is 13.3. The van der Waals surface area contributed by atoms with Crippen LogP contribution in [0.2, 0.25) is 0 Å². The van der Waals surface area contributed by atoms with Crippen molar-refractivity contribution in [1.29, 1.82) is 0 Å². The Morgan fingerprint density at radius 3 is 2.53 bits per heavy atom. The molecule has 4 nitrogen and oxygen atoms in total. The van der Waals surface area contributed by atoms with Gasteiger partial charge in [-0.05, 0) is 25.3 Å². The summed E-state index contributed by atoms with van der Waals surface area (Å²) in [7, 11) is 0. The summed E-state index contributed by atoms with van der Waals surface area (Å²) >= 11 is 0. The summed E-state index contributed by atoms with van der Waals surface area (Å²) in [6.45, 7) is 10.5. The fraction of sp³-hybridized carbons (Fsp3) is 0.769. The number of aliphatic hydroxyl groups is 1. The Hall–Kier alpha value is -1.03. The second-order valence-electron chi connectivity index (χ2n) is 6.53. The molecule has 98 valence electrons. The maximum Gasteiger partial charge on any atom is 0.220 e. The highest BCUT2D eigenvalue weighted by Gasteiger charge is 2.30. The fourth-order valence-corrected chi connectivity index (χ4v) is 1.95. The van der Waals surface area contributed by atoms with Crippen LogP contribution >= 0.6 is 0 Å². The molecule has 0 aromatic heterocycles. The van der Waals surface area contributed by atoms with Crippen molar-refractivity contribution in [2.24, 2.45) is 5.41 Å². The molecular formula is C13H24N2O2. The fourth-order valence-electron chi connectivity index (χ4n) is 1.95. The van der Waals surface area contributed by atoms with Crippen LogP contribution in [-0.2, 0) is 4.79 Å². The Balaban J connectivity index is 2.38. The van der Waals surface area contributed by atoms with Crippen LogP contribution in [0, 0.1) is 5.41 Å². The molecule has 0 saturated heterocycles. The van der Waals surface area contributed by atoms with Gasteiger partial charge in [0.2, 0.25) is 5.91 Å². The number of amides is 1. The van der Waals surface area contributed by atoms with Gasteiger partial charge in [-0.15, -0.1) is 0 Å². The minimum absolute atomic E-state index is 0.00958. The molecule has 0 aromatic carbocycles. The lowest BCUT2D eigenvalue weighted by molar-refractivity contribution is -0.122. The average Bonchev–Trinajstić information content (AvgIpc) is 2.33. The van der Waals surface area contributed by atoms with Crippen LogP contribution < -0.4 is 10.6 Å². The SMILES string of the molecule is CC(C)(C)CC(=O)NC[C@@H]1NC(C)(C)C=C1O. The Morgan fingerprint density at radius 2 is 2.12 bits per heavy atom. The van der Waals surface area contributed by atoms with Crippen LogP contribution in [0.1, 0.15) is 41.0 Å². The number of carbonyl (C=O) groups excluding carboxylic acids is 1. The summed E-state index contributed by atoms with van der Waals surface area (Å²) in [5, 5.41) is 15.8. The van der Waals surface area contributed by atoms with Crippen molar-refractivity contribution in [3.05, 3.63) is 11.8 Å². The summed E-state index contributed by atoms with van der Waals surface area (Å²) in [5.41, 5.74) is -0.214. The minimum Gasteiger partial charge on any atom is -0.511 e. The van der Waals surface area contributed by atoms with E-state index in [1.54, 1.807) is 6.08 Å². The lowest BCUT2D eigenvalue weighted by Gasteiger charge is -2.22. The first-order valence-corrected chi connectivity index (χ1v) is 6.05. The molecule has 0 spiro atoms. The van der Waals surface area contributed by atoms with Crippen LogP contribution in [-0.4, -0.2) is 29.1 Å². The monoisotopic (exact) mass is 240 g/mol. The summed E-state index contributed by atoms with van der Waals surface area (Å²) < 4.78 is 0. The third-order valence-electron chi connectivity index (χ3n) is 2.61. The average molecular weight is 240 g/mol.